The van der Waals surface area contributed by atoms with Crippen LogP contribution in [-0.2, 0) is 14.3 Å². The Balaban J connectivity index is 2.19. The van der Waals surface area contributed by atoms with E-state index < -0.39 is 6.16 Å². The Morgan fingerprint density at radius 2 is 2.55 bits per heavy atom. The number of nitrogens with zero attached hydrogens (tertiary/aromatic N) is 1. The van der Waals surface area contributed by atoms with Crippen molar-refractivity contribution in [2.45, 2.75) is 0 Å². The quantitative estimate of drug-likeness (QED) is 0.523. The monoisotopic (exact) mass is 162 g/mol. The molecule has 0 aromatic carbocycles. The largest absolute Gasteiger partial charge is 0.528 e. The zero-order valence-electron chi connectivity index (χ0n) is 6.20. The third kappa shape index (κ3) is 2.71. The first-order valence-electron chi connectivity index (χ1n) is 3.17. The molecule has 1 N–H and O–H groups in total. The second kappa shape index (κ2) is 4.12. The first-order chi connectivity index (χ1) is 5.33. The number of carbonyl (C=O) groups is 1. The molecule has 0 aromatic rings. The first-order valence-corrected chi connectivity index (χ1v) is 3.17. The molecule has 0 atom stereocenters. The Morgan fingerprint density at radius 1 is 1.73 bits per heavy atom. The maximum Gasteiger partial charge on any atom is 0.528 e. The summed E-state index contributed by atoms with van der Waals surface area (Å²) in [6.07, 6.45) is -0.737. The summed E-state index contributed by atoms with van der Waals surface area (Å²) in [5, 5.41) is 1.27. The minimum Gasteiger partial charge on any atom is -0.436 e. The van der Waals surface area contributed by atoms with Crippen LogP contribution in [-0.4, -0.2) is 38.3 Å². The van der Waals surface area contributed by atoms with E-state index >= 15 is 0 Å². The van der Waals surface area contributed by atoms with Gasteiger partial charge in [-0.3, -0.25) is 0 Å². The minimum absolute atomic E-state index is 0.344. The summed E-state index contributed by atoms with van der Waals surface area (Å²) >= 11 is 0. The summed E-state index contributed by atoms with van der Waals surface area (Å²) in [7, 11) is 1.25. The van der Waals surface area contributed by atoms with Crippen molar-refractivity contribution in [3.63, 3.8) is 0 Å². The summed E-state index contributed by atoms with van der Waals surface area (Å²) in [5.74, 6) is 0. The van der Waals surface area contributed by atoms with Gasteiger partial charge in [0.25, 0.3) is 0 Å². The van der Waals surface area contributed by atoms with E-state index in [-0.39, 0.29) is 0 Å². The smallest absolute Gasteiger partial charge is 0.436 e. The van der Waals surface area contributed by atoms with Crippen molar-refractivity contribution in [2.24, 2.45) is 0 Å². The molecule has 64 valence electrons. The number of hydrazine groups is 1. The Kier molecular flexibility index (Phi) is 3.09. The molecule has 1 rings (SSSR count). The molecule has 0 aromatic heterocycles. The second-order valence-electron chi connectivity index (χ2n) is 1.86. The molecule has 0 aliphatic carbocycles. The van der Waals surface area contributed by atoms with Crippen molar-refractivity contribution in [3.05, 3.63) is 0 Å². The zero-order chi connectivity index (χ0) is 8.10. The highest BCUT2D eigenvalue weighted by atomic mass is 16.8. The van der Waals surface area contributed by atoms with Crippen molar-refractivity contribution < 1.29 is 19.1 Å². The molecule has 0 amide bonds. The minimum atomic E-state index is -0.737. The third-order valence-corrected chi connectivity index (χ3v) is 1.13. The molecule has 1 fully saturated rings. The summed E-state index contributed by atoms with van der Waals surface area (Å²) in [4.78, 5) is 15.1. The van der Waals surface area contributed by atoms with Gasteiger partial charge in [-0.2, -0.15) is 5.43 Å². The standard InChI is InChI=1S/C5H10N2O4/c1-9-5(8)11-7-2-3-10-4-6-7/h6H,2-4H2,1H3. The number of hydrogen-bond acceptors (Lipinski definition) is 6. The van der Waals surface area contributed by atoms with Crippen molar-refractivity contribution >= 4 is 6.16 Å². The van der Waals surface area contributed by atoms with Gasteiger partial charge in [-0.15, -0.1) is 0 Å². The van der Waals surface area contributed by atoms with E-state index in [0.717, 1.165) is 0 Å². The van der Waals surface area contributed by atoms with Gasteiger partial charge in [0.1, 0.15) is 6.73 Å². The lowest BCUT2D eigenvalue weighted by molar-refractivity contribution is -0.206. The summed E-state index contributed by atoms with van der Waals surface area (Å²) in [6.45, 7) is 1.37. The number of hydroxylamine groups is 1. The van der Waals surface area contributed by atoms with Gasteiger partial charge in [-0.05, 0) is 0 Å². The number of nitrogens with one attached hydrogen (secondary N) is 1. The fourth-order valence-corrected chi connectivity index (χ4v) is 0.621. The van der Waals surface area contributed by atoms with Crippen molar-refractivity contribution in [2.75, 3.05) is 27.0 Å². The van der Waals surface area contributed by atoms with Gasteiger partial charge in [0, 0.05) is 0 Å². The Morgan fingerprint density at radius 3 is 3.09 bits per heavy atom. The lowest BCUT2D eigenvalue weighted by Crippen LogP contribution is -2.47. The summed E-state index contributed by atoms with van der Waals surface area (Å²) in [6, 6.07) is 0. The van der Waals surface area contributed by atoms with Crippen LogP contribution in [0.3, 0.4) is 0 Å². The Hall–Kier alpha value is -0.850. The van der Waals surface area contributed by atoms with E-state index in [1.54, 1.807) is 0 Å². The number of methoxy groups -OCH3 is 1. The number of carbonyl (C=O) groups excluding carboxylic acids is 1. The summed E-state index contributed by atoms with van der Waals surface area (Å²) in [5.41, 5.74) is 2.67. The molecule has 0 unspecified atom stereocenters. The van der Waals surface area contributed by atoms with Gasteiger partial charge in [-0.1, -0.05) is 5.17 Å². The number of rotatable bonds is 1. The van der Waals surface area contributed by atoms with Crippen LogP contribution in [0, 0.1) is 0 Å². The normalized spacial score (nSPS) is 19.4. The van der Waals surface area contributed by atoms with E-state index in [1.165, 1.54) is 12.3 Å². The molecule has 0 bridgehead atoms. The molecule has 11 heavy (non-hydrogen) atoms. The molecule has 0 saturated carbocycles. The topological polar surface area (TPSA) is 60.0 Å². The molecule has 1 aliphatic rings. The van der Waals surface area contributed by atoms with E-state index in [9.17, 15) is 4.79 Å². The lowest BCUT2D eigenvalue weighted by Gasteiger charge is -2.24. The molecular formula is C5H10N2O4. The van der Waals surface area contributed by atoms with Crippen molar-refractivity contribution in [1.82, 2.24) is 10.6 Å². The van der Waals surface area contributed by atoms with Crippen LogP contribution >= 0.6 is 0 Å². The predicted molar refractivity (Wildman–Crippen MR) is 34.2 cm³/mol. The maximum atomic E-state index is 10.5. The van der Waals surface area contributed by atoms with Crippen LogP contribution < -0.4 is 5.43 Å². The molecule has 6 heteroatoms. The van der Waals surface area contributed by atoms with E-state index in [2.05, 4.69) is 15.0 Å². The van der Waals surface area contributed by atoms with Crippen LogP contribution in [0.1, 0.15) is 0 Å². The first kappa shape index (κ1) is 8.25. The van der Waals surface area contributed by atoms with Gasteiger partial charge >= 0.3 is 6.16 Å². The van der Waals surface area contributed by atoms with Crippen LogP contribution in [0.25, 0.3) is 0 Å². The fourth-order valence-electron chi connectivity index (χ4n) is 0.621. The van der Waals surface area contributed by atoms with Crippen LogP contribution in [0.15, 0.2) is 0 Å². The van der Waals surface area contributed by atoms with Crippen LogP contribution in [0.4, 0.5) is 4.79 Å². The van der Waals surface area contributed by atoms with Gasteiger partial charge in [0.2, 0.25) is 0 Å². The van der Waals surface area contributed by atoms with E-state index in [0.29, 0.717) is 19.9 Å². The van der Waals surface area contributed by atoms with Crippen LogP contribution in [0.5, 0.6) is 0 Å². The van der Waals surface area contributed by atoms with Crippen LogP contribution in [0.2, 0.25) is 0 Å². The highest BCUT2D eigenvalue weighted by Gasteiger charge is 2.14. The SMILES string of the molecule is COC(=O)ON1CCOCN1. The molecule has 1 heterocycles. The third-order valence-electron chi connectivity index (χ3n) is 1.13. The van der Waals surface area contributed by atoms with Gasteiger partial charge in [0.05, 0.1) is 20.3 Å². The highest BCUT2D eigenvalue weighted by Crippen LogP contribution is 1.93. The molecule has 1 aliphatic heterocycles. The second-order valence-corrected chi connectivity index (χ2v) is 1.86. The molecule has 0 spiro atoms. The molecular weight excluding hydrogens is 152 g/mol. The van der Waals surface area contributed by atoms with Gasteiger partial charge in [-0.25, -0.2) is 4.79 Å². The van der Waals surface area contributed by atoms with Crippen molar-refractivity contribution in [3.8, 4) is 0 Å². The zero-order valence-corrected chi connectivity index (χ0v) is 6.20. The van der Waals surface area contributed by atoms with E-state index in [1.807, 2.05) is 0 Å². The fraction of sp³-hybridized carbons (Fsp3) is 0.800. The lowest BCUT2D eigenvalue weighted by atomic mass is 10.7. The molecule has 0 radical (unpaired) electrons. The van der Waals surface area contributed by atoms with Gasteiger partial charge in [0.15, 0.2) is 0 Å². The van der Waals surface area contributed by atoms with Crippen molar-refractivity contribution in [1.29, 1.82) is 0 Å². The Bertz CT molecular complexity index is 134. The average molecular weight is 162 g/mol. The van der Waals surface area contributed by atoms with Gasteiger partial charge < -0.3 is 14.3 Å². The summed E-state index contributed by atoms with van der Waals surface area (Å²) < 4.78 is 9.20. The number of hydrogen-bond donors (Lipinski definition) is 1. The average Bonchev–Trinajstić information content (AvgIpc) is 2.06. The Labute approximate surface area is 63.9 Å². The predicted octanol–water partition coefficient (Wildman–Crippen LogP) is -0.521. The molecule has 6 nitrogen and oxygen atoms in total. The number of ether oxygens (including phenoxy) is 2. The maximum absolute atomic E-state index is 10.5. The molecule has 1 saturated heterocycles. The van der Waals surface area contributed by atoms with E-state index in [4.69, 9.17) is 4.74 Å². The highest BCUT2D eigenvalue weighted by molar-refractivity contribution is 5.59.